The molecule has 6 nitrogen and oxygen atoms in total. The summed E-state index contributed by atoms with van der Waals surface area (Å²) in [6.07, 6.45) is 7.02. The number of fused-ring (bicyclic) bond motifs is 1. The van der Waals surface area contributed by atoms with Gasteiger partial charge in [-0.15, -0.1) is 0 Å². The van der Waals surface area contributed by atoms with Crippen molar-refractivity contribution in [2.75, 3.05) is 18.4 Å². The number of aromatic nitrogens is 2. The minimum atomic E-state index is 0.404. The highest BCUT2D eigenvalue weighted by Crippen LogP contribution is 2.20. The third-order valence-electron chi connectivity index (χ3n) is 3.91. The molecule has 0 aromatic carbocycles. The Bertz CT molecular complexity index is 767. The van der Waals surface area contributed by atoms with Crippen LogP contribution < -0.4 is 15.4 Å². The highest BCUT2D eigenvalue weighted by atomic mass is 16.5. The molecule has 1 aliphatic rings. The molecule has 3 rings (SSSR count). The third-order valence-corrected chi connectivity index (χ3v) is 3.91. The van der Waals surface area contributed by atoms with E-state index < -0.39 is 0 Å². The molecule has 0 bridgehead atoms. The van der Waals surface area contributed by atoms with Crippen LogP contribution in [-0.4, -0.2) is 23.1 Å². The molecule has 3 heterocycles. The Kier molecular flexibility index (Phi) is 5.83. The van der Waals surface area contributed by atoms with Gasteiger partial charge >= 0.3 is 0 Å². The predicted molar refractivity (Wildman–Crippen MR) is 95.9 cm³/mol. The maximum Gasteiger partial charge on any atom is 0.221 e. The van der Waals surface area contributed by atoms with Crippen molar-refractivity contribution in [2.24, 2.45) is 0 Å². The number of rotatable bonds is 7. The largest absolute Gasteiger partial charge is 0.422 e. The van der Waals surface area contributed by atoms with E-state index in [4.69, 9.17) is 10.00 Å². The molecule has 2 aromatic heterocycles. The number of anilines is 1. The molecule has 0 saturated heterocycles. The van der Waals surface area contributed by atoms with Crippen molar-refractivity contribution in [3.05, 3.63) is 59.7 Å². The molecule has 128 valence electrons. The fourth-order valence-corrected chi connectivity index (χ4v) is 2.68. The van der Waals surface area contributed by atoms with Gasteiger partial charge in [-0.05, 0) is 43.4 Å². The Morgan fingerprint density at radius 1 is 1.36 bits per heavy atom. The molecule has 25 heavy (non-hydrogen) atoms. The van der Waals surface area contributed by atoms with E-state index in [-0.39, 0.29) is 0 Å². The number of nitrogens with one attached hydrogen (secondary N) is 2. The molecule has 2 aromatic rings. The van der Waals surface area contributed by atoms with E-state index in [0.717, 1.165) is 37.3 Å². The lowest BCUT2D eigenvalue weighted by Crippen LogP contribution is -2.20. The average Bonchev–Trinajstić information content (AvgIpc) is 2.66. The first-order chi connectivity index (χ1) is 12.3. The first kappa shape index (κ1) is 16.8. The number of aryl methyl sites for hydroxylation is 2. The number of pyridine rings is 2. The number of hydrogen-bond acceptors (Lipinski definition) is 6. The number of allylic oxidation sites excluding steroid dienone is 1. The highest BCUT2D eigenvalue weighted by molar-refractivity contribution is 5.47. The standard InChI is InChI=1S/C19H21N5O/c20-11-10-18(25-17-7-1-2-12-21-17)22-13-4-6-16-9-8-15-5-3-14-23-19(15)24-16/h1-2,7-10,12,22H,3-6,13-14H2,(H,23,24). The van der Waals surface area contributed by atoms with Crippen LogP contribution in [0.5, 0.6) is 5.88 Å². The van der Waals surface area contributed by atoms with Crippen LogP contribution in [0.25, 0.3) is 0 Å². The summed E-state index contributed by atoms with van der Waals surface area (Å²) in [5.41, 5.74) is 2.38. The summed E-state index contributed by atoms with van der Waals surface area (Å²) in [7, 11) is 0. The van der Waals surface area contributed by atoms with Crippen LogP contribution in [0.2, 0.25) is 0 Å². The maximum atomic E-state index is 8.88. The lowest BCUT2D eigenvalue weighted by Gasteiger charge is -2.17. The van der Waals surface area contributed by atoms with Crippen molar-refractivity contribution < 1.29 is 4.74 Å². The van der Waals surface area contributed by atoms with E-state index in [2.05, 4.69) is 32.7 Å². The molecular formula is C19H21N5O. The molecule has 0 fully saturated rings. The Morgan fingerprint density at radius 2 is 2.32 bits per heavy atom. The second kappa shape index (κ2) is 8.69. The average molecular weight is 335 g/mol. The Morgan fingerprint density at radius 3 is 3.16 bits per heavy atom. The first-order valence-corrected chi connectivity index (χ1v) is 8.50. The summed E-state index contributed by atoms with van der Waals surface area (Å²) in [4.78, 5) is 8.78. The Balaban J connectivity index is 1.48. The summed E-state index contributed by atoms with van der Waals surface area (Å²) in [5.74, 6) is 1.89. The van der Waals surface area contributed by atoms with Crippen molar-refractivity contribution in [3.8, 4) is 11.9 Å². The van der Waals surface area contributed by atoms with Crippen molar-refractivity contribution in [1.29, 1.82) is 5.26 Å². The van der Waals surface area contributed by atoms with Gasteiger partial charge in [-0.2, -0.15) is 5.26 Å². The minimum Gasteiger partial charge on any atom is -0.422 e. The van der Waals surface area contributed by atoms with Gasteiger partial charge in [0.1, 0.15) is 5.82 Å². The quantitative estimate of drug-likeness (QED) is 0.460. The van der Waals surface area contributed by atoms with Crippen molar-refractivity contribution in [2.45, 2.75) is 25.7 Å². The van der Waals surface area contributed by atoms with Crippen LogP contribution in [0.4, 0.5) is 5.82 Å². The van der Waals surface area contributed by atoms with Crippen molar-refractivity contribution in [1.82, 2.24) is 15.3 Å². The van der Waals surface area contributed by atoms with E-state index in [1.54, 1.807) is 12.3 Å². The number of nitriles is 1. The monoisotopic (exact) mass is 335 g/mol. The van der Waals surface area contributed by atoms with Gasteiger partial charge in [0.25, 0.3) is 0 Å². The van der Waals surface area contributed by atoms with Gasteiger partial charge in [0.05, 0.1) is 12.1 Å². The number of hydrogen-bond donors (Lipinski definition) is 2. The molecule has 0 unspecified atom stereocenters. The number of ether oxygens (including phenoxy) is 1. The molecule has 0 amide bonds. The topological polar surface area (TPSA) is 82.9 Å². The van der Waals surface area contributed by atoms with Crippen molar-refractivity contribution >= 4 is 5.82 Å². The molecule has 0 spiro atoms. The van der Waals surface area contributed by atoms with Crippen LogP contribution in [0.15, 0.2) is 48.5 Å². The SMILES string of the molecule is N#CC=C(NCCCc1ccc2c(n1)NCCC2)Oc1ccccn1. The highest BCUT2D eigenvalue weighted by Gasteiger charge is 2.10. The smallest absolute Gasteiger partial charge is 0.221 e. The molecule has 0 atom stereocenters. The molecule has 0 aliphatic carbocycles. The summed E-state index contributed by atoms with van der Waals surface area (Å²) >= 11 is 0. The summed E-state index contributed by atoms with van der Waals surface area (Å²) in [5, 5.41) is 15.4. The van der Waals surface area contributed by atoms with Gasteiger partial charge in [0.15, 0.2) is 0 Å². The van der Waals surface area contributed by atoms with Gasteiger partial charge in [-0.3, -0.25) is 0 Å². The predicted octanol–water partition coefficient (Wildman–Crippen LogP) is 2.80. The van der Waals surface area contributed by atoms with Crippen molar-refractivity contribution in [3.63, 3.8) is 0 Å². The zero-order chi connectivity index (χ0) is 17.3. The second-order valence-corrected chi connectivity index (χ2v) is 5.78. The van der Waals surface area contributed by atoms with Gasteiger partial charge in [-0.1, -0.05) is 12.1 Å². The zero-order valence-electron chi connectivity index (χ0n) is 14.0. The normalized spacial score (nSPS) is 13.3. The minimum absolute atomic E-state index is 0.404. The van der Waals surface area contributed by atoms with Gasteiger partial charge in [0, 0.05) is 31.0 Å². The number of nitrogens with zero attached hydrogens (tertiary/aromatic N) is 3. The summed E-state index contributed by atoms with van der Waals surface area (Å²) in [6.45, 7) is 1.69. The molecule has 6 heteroatoms. The van der Waals surface area contributed by atoms with Gasteiger partial charge in [-0.25, -0.2) is 9.97 Å². The van der Waals surface area contributed by atoms with Gasteiger partial charge in [0.2, 0.25) is 11.8 Å². The van der Waals surface area contributed by atoms with E-state index in [1.807, 2.05) is 18.2 Å². The van der Waals surface area contributed by atoms with Crippen LogP contribution in [0, 0.1) is 11.3 Å². The van der Waals surface area contributed by atoms with E-state index in [0.29, 0.717) is 18.3 Å². The molecule has 0 radical (unpaired) electrons. The zero-order valence-corrected chi connectivity index (χ0v) is 14.0. The third kappa shape index (κ3) is 4.95. The Hall–Kier alpha value is -3.07. The second-order valence-electron chi connectivity index (χ2n) is 5.78. The van der Waals surface area contributed by atoms with Gasteiger partial charge < -0.3 is 15.4 Å². The molecular weight excluding hydrogens is 314 g/mol. The van der Waals surface area contributed by atoms with Crippen LogP contribution in [-0.2, 0) is 12.8 Å². The maximum absolute atomic E-state index is 8.88. The van der Waals surface area contributed by atoms with Crippen LogP contribution in [0.3, 0.4) is 0 Å². The molecule has 0 saturated carbocycles. The van der Waals surface area contributed by atoms with E-state index in [1.165, 1.54) is 18.1 Å². The molecule has 2 N–H and O–H groups in total. The lowest BCUT2D eigenvalue weighted by molar-refractivity contribution is 0.366. The fourth-order valence-electron chi connectivity index (χ4n) is 2.68. The lowest BCUT2D eigenvalue weighted by atomic mass is 10.1. The van der Waals surface area contributed by atoms with E-state index in [9.17, 15) is 0 Å². The van der Waals surface area contributed by atoms with E-state index >= 15 is 0 Å². The summed E-state index contributed by atoms with van der Waals surface area (Å²) in [6, 6.07) is 11.6. The summed E-state index contributed by atoms with van der Waals surface area (Å²) < 4.78 is 5.57. The van der Waals surface area contributed by atoms with Crippen LogP contribution >= 0.6 is 0 Å². The van der Waals surface area contributed by atoms with Crippen LogP contribution in [0.1, 0.15) is 24.1 Å². The molecule has 1 aliphatic heterocycles. The fraction of sp³-hybridized carbons (Fsp3) is 0.316. The first-order valence-electron chi connectivity index (χ1n) is 8.50. The Labute approximate surface area is 147 Å².